The summed E-state index contributed by atoms with van der Waals surface area (Å²) in [6, 6.07) is 4.86. The molecule has 0 atom stereocenters. The standard InChI is InChI=1S/C14H13F3N2O2/c1-9-12(8-19-21-9)13(20)18-7-6-10-2-4-11(5-3-10)14(15,16)17/h2-5,8H,6-7H2,1H3,(H,18,20). The Kier molecular flexibility index (Phi) is 4.30. The average Bonchev–Trinajstić information content (AvgIpc) is 2.84. The molecule has 1 aromatic carbocycles. The number of amides is 1. The highest BCUT2D eigenvalue weighted by Crippen LogP contribution is 2.29. The van der Waals surface area contributed by atoms with Crippen LogP contribution in [0.2, 0.25) is 0 Å². The lowest BCUT2D eigenvalue weighted by molar-refractivity contribution is -0.137. The molecule has 0 aliphatic heterocycles. The van der Waals surface area contributed by atoms with Crippen molar-refractivity contribution < 1.29 is 22.5 Å². The Hall–Kier alpha value is -2.31. The highest BCUT2D eigenvalue weighted by atomic mass is 19.4. The minimum atomic E-state index is -4.33. The smallest absolute Gasteiger partial charge is 0.361 e. The molecule has 1 aromatic heterocycles. The van der Waals surface area contributed by atoms with Crippen molar-refractivity contribution in [1.82, 2.24) is 10.5 Å². The molecule has 1 heterocycles. The molecule has 0 unspecified atom stereocenters. The van der Waals surface area contributed by atoms with Crippen molar-refractivity contribution in [3.63, 3.8) is 0 Å². The summed E-state index contributed by atoms with van der Waals surface area (Å²) >= 11 is 0. The summed E-state index contributed by atoms with van der Waals surface area (Å²) in [5.41, 5.74) is 0.378. The molecule has 0 radical (unpaired) electrons. The molecular weight excluding hydrogens is 285 g/mol. The molecular formula is C14H13F3N2O2. The van der Waals surface area contributed by atoms with E-state index in [1.165, 1.54) is 18.3 Å². The van der Waals surface area contributed by atoms with Crippen LogP contribution in [0.1, 0.15) is 27.2 Å². The number of benzene rings is 1. The summed E-state index contributed by atoms with van der Waals surface area (Å²) in [7, 11) is 0. The highest BCUT2D eigenvalue weighted by Gasteiger charge is 2.29. The third kappa shape index (κ3) is 3.84. The first-order chi connectivity index (χ1) is 9.88. The highest BCUT2D eigenvalue weighted by molar-refractivity contribution is 5.94. The van der Waals surface area contributed by atoms with Crippen molar-refractivity contribution in [2.24, 2.45) is 0 Å². The number of carbonyl (C=O) groups is 1. The van der Waals surface area contributed by atoms with Crippen LogP contribution >= 0.6 is 0 Å². The number of carbonyl (C=O) groups excluding carboxylic acids is 1. The molecule has 2 rings (SSSR count). The van der Waals surface area contributed by atoms with Crippen LogP contribution in [-0.4, -0.2) is 17.6 Å². The first-order valence-corrected chi connectivity index (χ1v) is 6.23. The first kappa shape index (κ1) is 15.1. The van der Waals surface area contributed by atoms with Gasteiger partial charge in [-0.15, -0.1) is 0 Å². The predicted octanol–water partition coefficient (Wildman–Crippen LogP) is 2.97. The van der Waals surface area contributed by atoms with E-state index in [0.29, 0.717) is 29.9 Å². The van der Waals surface area contributed by atoms with Gasteiger partial charge in [-0.05, 0) is 31.0 Å². The van der Waals surface area contributed by atoms with Crippen LogP contribution in [0.3, 0.4) is 0 Å². The van der Waals surface area contributed by atoms with E-state index in [0.717, 1.165) is 12.1 Å². The van der Waals surface area contributed by atoms with Crippen LogP contribution in [0.25, 0.3) is 0 Å². The normalized spacial score (nSPS) is 11.4. The van der Waals surface area contributed by atoms with Gasteiger partial charge in [0.2, 0.25) is 0 Å². The van der Waals surface area contributed by atoms with E-state index in [-0.39, 0.29) is 5.91 Å². The van der Waals surface area contributed by atoms with Crippen LogP contribution in [0.15, 0.2) is 35.0 Å². The van der Waals surface area contributed by atoms with E-state index in [1.54, 1.807) is 6.92 Å². The molecule has 1 amide bonds. The van der Waals surface area contributed by atoms with Gasteiger partial charge in [-0.1, -0.05) is 17.3 Å². The zero-order valence-electron chi connectivity index (χ0n) is 11.2. The van der Waals surface area contributed by atoms with E-state index in [1.807, 2.05) is 0 Å². The van der Waals surface area contributed by atoms with Gasteiger partial charge in [0, 0.05) is 6.54 Å². The predicted molar refractivity (Wildman–Crippen MR) is 68.7 cm³/mol. The van der Waals surface area contributed by atoms with E-state index < -0.39 is 11.7 Å². The number of rotatable bonds is 4. The molecule has 112 valence electrons. The van der Waals surface area contributed by atoms with Gasteiger partial charge in [-0.25, -0.2) is 0 Å². The zero-order chi connectivity index (χ0) is 15.5. The van der Waals surface area contributed by atoms with Gasteiger partial charge in [-0.2, -0.15) is 13.2 Å². The van der Waals surface area contributed by atoms with Crippen molar-refractivity contribution in [2.75, 3.05) is 6.54 Å². The maximum atomic E-state index is 12.4. The monoisotopic (exact) mass is 298 g/mol. The molecule has 0 bridgehead atoms. The van der Waals surface area contributed by atoms with Crippen molar-refractivity contribution in [3.05, 3.63) is 52.9 Å². The average molecular weight is 298 g/mol. The number of nitrogens with one attached hydrogen (secondary N) is 1. The Morgan fingerprint density at radius 3 is 2.48 bits per heavy atom. The SMILES string of the molecule is Cc1oncc1C(=O)NCCc1ccc(C(F)(F)F)cc1. The van der Waals surface area contributed by atoms with Gasteiger partial charge >= 0.3 is 6.18 Å². The molecule has 0 saturated heterocycles. The van der Waals surface area contributed by atoms with Crippen LogP contribution in [0.5, 0.6) is 0 Å². The number of hydrogen-bond acceptors (Lipinski definition) is 3. The number of aryl methyl sites for hydroxylation is 1. The van der Waals surface area contributed by atoms with Crippen LogP contribution in [0, 0.1) is 6.92 Å². The lowest BCUT2D eigenvalue weighted by Crippen LogP contribution is -2.25. The van der Waals surface area contributed by atoms with E-state index in [9.17, 15) is 18.0 Å². The summed E-state index contributed by atoms with van der Waals surface area (Å²) in [6.07, 6.45) is -2.57. The zero-order valence-corrected chi connectivity index (χ0v) is 11.2. The fourth-order valence-corrected chi connectivity index (χ4v) is 1.79. The second-order valence-corrected chi connectivity index (χ2v) is 4.50. The molecule has 2 aromatic rings. The van der Waals surface area contributed by atoms with E-state index in [2.05, 4.69) is 10.5 Å². The number of hydrogen-bond donors (Lipinski definition) is 1. The number of nitrogens with zero attached hydrogens (tertiary/aromatic N) is 1. The van der Waals surface area contributed by atoms with Gasteiger partial charge in [-0.3, -0.25) is 4.79 Å². The number of aromatic nitrogens is 1. The van der Waals surface area contributed by atoms with Crippen molar-refractivity contribution in [1.29, 1.82) is 0 Å². The second kappa shape index (κ2) is 5.99. The molecule has 4 nitrogen and oxygen atoms in total. The van der Waals surface area contributed by atoms with Crippen molar-refractivity contribution in [3.8, 4) is 0 Å². The fraction of sp³-hybridized carbons (Fsp3) is 0.286. The van der Waals surface area contributed by atoms with Gasteiger partial charge < -0.3 is 9.84 Å². The van der Waals surface area contributed by atoms with Crippen LogP contribution in [-0.2, 0) is 12.6 Å². The van der Waals surface area contributed by atoms with E-state index in [4.69, 9.17) is 4.52 Å². The molecule has 0 fully saturated rings. The Bertz CT molecular complexity index is 618. The molecule has 1 N–H and O–H groups in total. The van der Waals surface area contributed by atoms with Gasteiger partial charge in [0.15, 0.2) is 0 Å². The first-order valence-electron chi connectivity index (χ1n) is 6.23. The van der Waals surface area contributed by atoms with Crippen LogP contribution in [0.4, 0.5) is 13.2 Å². The molecule has 21 heavy (non-hydrogen) atoms. The summed E-state index contributed by atoms with van der Waals surface area (Å²) in [4.78, 5) is 11.7. The Morgan fingerprint density at radius 1 is 1.29 bits per heavy atom. The maximum absolute atomic E-state index is 12.4. The maximum Gasteiger partial charge on any atom is 0.416 e. The molecule has 7 heteroatoms. The molecule has 0 saturated carbocycles. The molecule has 0 aliphatic rings. The van der Waals surface area contributed by atoms with Crippen molar-refractivity contribution >= 4 is 5.91 Å². The lowest BCUT2D eigenvalue weighted by atomic mass is 10.1. The van der Waals surface area contributed by atoms with E-state index >= 15 is 0 Å². The van der Waals surface area contributed by atoms with Crippen molar-refractivity contribution in [2.45, 2.75) is 19.5 Å². The Balaban J connectivity index is 1.87. The minimum absolute atomic E-state index is 0.314. The number of halogens is 3. The third-order valence-electron chi connectivity index (χ3n) is 2.98. The molecule has 0 aliphatic carbocycles. The third-order valence-corrected chi connectivity index (χ3v) is 2.98. The van der Waals surface area contributed by atoms with Crippen LogP contribution < -0.4 is 5.32 Å². The van der Waals surface area contributed by atoms with Gasteiger partial charge in [0.05, 0.1) is 11.8 Å². The fourth-order valence-electron chi connectivity index (χ4n) is 1.79. The summed E-state index contributed by atoms with van der Waals surface area (Å²) in [5.74, 6) is 0.0997. The van der Waals surface area contributed by atoms with Gasteiger partial charge in [0.25, 0.3) is 5.91 Å². The lowest BCUT2D eigenvalue weighted by Gasteiger charge is -2.08. The number of alkyl halides is 3. The Morgan fingerprint density at radius 2 is 1.95 bits per heavy atom. The summed E-state index contributed by atoms with van der Waals surface area (Å²) < 4.78 is 42.0. The Labute approximate surface area is 118 Å². The second-order valence-electron chi connectivity index (χ2n) is 4.50. The quantitative estimate of drug-likeness (QED) is 0.944. The topological polar surface area (TPSA) is 55.1 Å². The largest absolute Gasteiger partial charge is 0.416 e. The summed E-state index contributed by atoms with van der Waals surface area (Å²) in [6.45, 7) is 1.94. The minimum Gasteiger partial charge on any atom is -0.361 e. The molecule has 0 spiro atoms. The van der Waals surface area contributed by atoms with Gasteiger partial charge in [0.1, 0.15) is 11.3 Å². The summed E-state index contributed by atoms with van der Waals surface area (Å²) in [5, 5.41) is 6.16.